The quantitative estimate of drug-likeness (QED) is 0.791. The summed E-state index contributed by atoms with van der Waals surface area (Å²) in [6.07, 6.45) is 3.36. The molecule has 1 spiro atoms. The molecule has 1 aliphatic heterocycles. The minimum Gasteiger partial charge on any atom is -0.465 e. The van der Waals surface area contributed by atoms with Crippen molar-refractivity contribution in [3.8, 4) is 0 Å². The Kier molecular flexibility index (Phi) is 3.83. The molecule has 25 heavy (non-hydrogen) atoms. The minimum absolute atomic E-state index is 0.00665. The summed E-state index contributed by atoms with van der Waals surface area (Å²) in [7, 11) is 1.40. The van der Waals surface area contributed by atoms with Crippen molar-refractivity contribution in [3.05, 3.63) is 65.2 Å². The van der Waals surface area contributed by atoms with Crippen LogP contribution in [0.15, 0.2) is 48.5 Å². The lowest BCUT2D eigenvalue weighted by atomic mass is 9.71. The van der Waals surface area contributed by atoms with Crippen molar-refractivity contribution in [2.24, 2.45) is 5.41 Å². The van der Waals surface area contributed by atoms with Crippen LogP contribution in [-0.4, -0.2) is 25.5 Å². The number of nitrogens with zero attached hydrogens (tertiary/aromatic N) is 1. The standard InChI is InChI=1S/C21H21NO3/c1-25-20(24)16-7-8-17-12-21(10-9-15(17)11-16)13-19(23)22(14-21)18-5-3-2-4-6-18/h2-8,11H,9-10,12-14H2,1H3. The van der Waals surface area contributed by atoms with Gasteiger partial charge in [-0.05, 0) is 54.7 Å². The Labute approximate surface area is 147 Å². The van der Waals surface area contributed by atoms with E-state index in [0.717, 1.165) is 31.5 Å². The fourth-order valence-electron chi connectivity index (χ4n) is 4.19. The Balaban J connectivity index is 1.58. The number of hydrogen-bond donors (Lipinski definition) is 0. The Hall–Kier alpha value is -2.62. The Morgan fingerprint density at radius 2 is 1.88 bits per heavy atom. The van der Waals surface area contributed by atoms with Gasteiger partial charge in [0.25, 0.3) is 0 Å². The SMILES string of the molecule is COC(=O)c1ccc2c(c1)CCC1(CC(=O)N(c3ccccc3)C1)C2. The molecular formula is C21H21NO3. The molecule has 0 saturated carbocycles. The third kappa shape index (κ3) is 2.82. The van der Waals surface area contributed by atoms with Gasteiger partial charge in [0.15, 0.2) is 0 Å². The Morgan fingerprint density at radius 3 is 2.64 bits per heavy atom. The summed E-state index contributed by atoms with van der Waals surface area (Å²) >= 11 is 0. The molecule has 1 fully saturated rings. The summed E-state index contributed by atoms with van der Waals surface area (Å²) in [5.41, 5.74) is 4.05. The summed E-state index contributed by atoms with van der Waals surface area (Å²) in [5, 5.41) is 0. The van der Waals surface area contributed by atoms with Crippen LogP contribution in [-0.2, 0) is 22.4 Å². The molecule has 4 rings (SSSR count). The number of anilines is 1. The van der Waals surface area contributed by atoms with E-state index in [-0.39, 0.29) is 17.3 Å². The number of carbonyl (C=O) groups excluding carboxylic acids is 2. The molecule has 0 aromatic heterocycles. The number of methoxy groups -OCH3 is 1. The fourth-order valence-corrected chi connectivity index (χ4v) is 4.19. The molecule has 2 aromatic carbocycles. The Bertz CT molecular complexity index is 830. The van der Waals surface area contributed by atoms with E-state index in [1.165, 1.54) is 18.2 Å². The van der Waals surface area contributed by atoms with Crippen LogP contribution in [0.25, 0.3) is 0 Å². The van der Waals surface area contributed by atoms with E-state index in [1.54, 1.807) is 0 Å². The second kappa shape index (κ2) is 6.03. The van der Waals surface area contributed by atoms with Gasteiger partial charge < -0.3 is 9.64 Å². The Morgan fingerprint density at radius 1 is 1.08 bits per heavy atom. The zero-order chi connectivity index (χ0) is 17.4. The summed E-state index contributed by atoms with van der Waals surface area (Å²) in [6, 6.07) is 15.7. The number of amides is 1. The maximum absolute atomic E-state index is 12.6. The predicted molar refractivity (Wildman–Crippen MR) is 95.7 cm³/mol. The summed E-state index contributed by atoms with van der Waals surface area (Å²) in [6.45, 7) is 0.772. The number of aryl methyl sites for hydroxylation is 1. The van der Waals surface area contributed by atoms with Crippen LogP contribution >= 0.6 is 0 Å². The lowest BCUT2D eigenvalue weighted by Crippen LogP contribution is -2.33. The van der Waals surface area contributed by atoms with E-state index < -0.39 is 0 Å². The van der Waals surface area contributed by atoms with Gasteiger partial charge in [0.2, 0.25) is 5.91 Å². The second-order valence-corrected chi connectivity index (χ2v) is 7.14. The maximum Gasteiger partial charge on any atom is 0.337 e. The van der Waals surface area contributed by atoms with Crippen molar-refractivity contribution in [2.75, 3.05) is 18.6 Å². The number of para-hydroxylation sites is 1. The molecule has 0 radical (unpaired) electrons. The molecule has 0 bridgehead atoms. The highest BCUT2D eigenvalue weighted by Gasteiger charge is 2.45. The van der Waals surface area contributed by atoms with Gasteiger partial charge in [-0.15, -0.1) is 0 Å². The van der Waals surface area contributed by atoms with E-state index >= 15 is 0 Å². The maximum atomic E-state index is 12.6. The smallest absolute Gasteiger partial charge is 0.337 e. The van der Waals surface area contributed by atoms with Gasteiger partial charge in [0.05, 0.1) is 12.7 Å². The van der Waals surface area contributed by atoms with Crippen molar-refractivity contribution in [3.63, 3.8) is 0 Å². The van der Waals surface area contributed by atoms with E-state index in [2.05, 4.69) is 0 Å². The van der Waals surface area contributed by atoms with Crippen molar-refractivity contribution in [1.29, 1.82) is 0 Å². The van der Waals surface area contributed by atoms with Crippen molar-refractivity contribution >= 4 is 17.6 Å². The molecule has 1 heterocycles. The number of hydrogen-bond acceptors (Lipinski definition) is 3. The second-order valence-electron chi connectivity index (χ2n) is 7.14. The summed E-state index contributed by atoms with van der Waals surface area (Å²) in [5.74, 6) is -0.0878. The van der Waals surface area contributed by atoms with Gasteiger partial charge in [-0.25, -0.2) is 4.79 Å². The topological polar surface area (TPSA) is 46.6 Å². The highest BCUT2D eigenvalue weighted by atomic mass is 16.5. The van der Waals surface area contributed by atoms with E-state index in [1.807, 2.05) is 53.4 Å². The van der Waals surface area contributed by atoms with Gasteiger partial charge in [-0.2, -0.15) is 0 Å². The first-order chi connectivity index (χ1) is 12.1. The molecule has 1 unspecified atom stereocenters. The first-order valence-electron chi connectivity index (χ1n) is 8.66. The lowest BCUT2D eigenvalue weighted by molar-refractivity contribution is -0.117. The molecule has 1 aliphatic carbocycles. The van der Waals surface area contributed by atoms with Crippen LogP contribution in [0.4, 0.5) is 5.69 Å². The summed E-state index contributed by atoms with van der Waals surface area (Å²) in [4.78, 5) is 26.2. The molecule has 1 amide bonds. The van der Waals surface area contributed by atoms with Crippen molar-refractivity contribution in [1.82, 2.24) is 0 Å². The van der Waals surface area contributed by atoms with Gasteiger partial charge >= 0.3 is 5.97 Å². The number of ether oxygens (including phenoxy) is 1. The lowest BCUT2D eigenvalue weighted by Gasteiger charge is -2.34. The number of fused-ring (bicyclic) bond motifs is 1. The zero-order valence-corrected chi connectivity index (χ0v) is 14.3. The molecule has 4 heteroatoms. The van der Waals surface area contributed by atoms with Gasteiger partial charge in [-0.3, -0.25) is 4.79 Å². The van der Waals surface area contributed by atoms with Crippen LogP contribution in [0.5, 0.6) is 0 Å². The average molecular weight is 335 g/mol. The zero-order valence-electron chi connectivity index (χ0n) is 14.3. The van der Waals surface area contributed by atoms with Gasteiger partial charge in [-0.1, -0.05) is 24.3 Å². The molecule has 128 valence electrons. The van der Waals surface area contributed by atoms with Gasteiger partial charge in [0.1, 0.15) is 0 Å². The number of benzene rings is 2. The highest BCUT2D eigenvalue weighted by molar-refractivity contribution is 5.96. The fraction of sp³-hybridized carbons (Fsp3) is 0.333. The van der Waals surface area contributed by atoms with Crippen LogP contribution < -0.4 is 4.90 Å². The third-order valence-electron chi connectivity index (χ3n) is 5.51. The third-order valence-corrected chi connectivity index (χ3v) is 5.51. The molecule has 1 saturated heterocycles. The van der Waals surface area contributed by atoms with E-state index in [4.69, 9.17) is 4.74 Å². The molecule has 1 atom stereocenters. The molecular weight excluding hydrogens is 314 g/mol. The van der Waals surface area contributed by atoms with Crippen molar-refractivity contribution < 1.29 is 14.3 Å². The number of rotatable bonds is 2. The molecule has 4 nitrogen and oxygen atoms in total. The minimum atomic E-state index is -0.297. The predicted octanol–water partition coefficient (Wildman–Crippen LogP) is 3.39. The molecule has 2 aromatic rings. The first-order valence-corrected chi connectivity index (χ1v) is 8.66. The summed E-state index contributed by atoms with van der Waals surface area (Å²) < 4.78 is 4.81. The molecule has 0 N–H and O–H groups in total. The van der Waals surface area contributed by atoms with Crippen LogP contribution in [0.3, 0.4) is 0 Å². The number of carbonyl (C=O) groups is 2. The monoisotopic (exact) mass is 335 g/mol. The highest BCUT2D eigenvalue weighted by Crippen LogP contribution is 2.44. The van der Waals surface area contributed by atoms with Crippen LogP contribution in [0, 0.1) is 5.41 Å². The largest absolute Gasteiger partial charge is 0.465 e. The normalized spacial score (nSPS) is 22.1. The van der Waals surface area contributed by atoms with Gasteiger partial charge in [0, 0.05) is 24.1 Å². The van der Waals surface area contributed by atoms with E-state index in [0.29, 0.717) is 12.0 Å². The van der Waals surface area contributed by atoms with Crippen molar-refractivity contribution in [2.45, 2.75) is 25.7 Å². The number of esters is 1. The van der Waals surface area contributed by atoms with Crippen LogP contribution in [0.2, 0.25) is 0 Å². The van der Waals surface area contributed by atoms with Crippen LogP contribution in [0.1, 0.15) is 34.3 Å². The molecule has 2 aliphatic rings. The average Bonchev–Trinajstić information content (AvgIpc) is 2.97. The first kappa shape index (κ1) is 15.9. The van der Waals surface area contributed by atoms with E-state index in [9.17, 15) is 9.59 Å².